The maximum atomic E-state index is 12.6. The van der Waals surface area contributed by atoms with Crippen LogP contribution in [0.4, 0.5) is 8.78 Å². The Balaban J connectivity index is 3.41. The zero-order chi connectivity index (χ0) is 13.7. The summed E-state index contributed by atoms with van der Waals surface area (Å²) in [5, 5.41) is 8.86. The number of esters is 1. The smallest absolute Gasteiger partial charge is 0.357 e. The fraction of sp³-hybridized carbons (Fsp3) is 0.364. The van der Waals surface area contributed by atoms with E-state index in [1.165, 1.54) is 0 Å². The Morgan fingerprint density at radius 3 is 2.78 bits per heavy atom. The number of hydrogen-bond acceptors (Lipinski definition) is 4. The van der Waals surface area contributed by atoms with Crippen molar-refractivity contribution in [2.75, 3.05) is 6.61 Å². The summed E-state index contributed by atoms with van der Waals surface area (Å²) in [4.78, 5) is 15.1. The fourth-order valence-electron chi connectivity index (χ4n) is 1.31. The molecule has 1 rings (SSSR count). The lowest BCUT2D eigenvalue weighted by Crippen LogP contribution is -2.13. The summed E-state index contributed by atoms with van der Waals surface area (Å²) in [6, 6.07) is 2.64. The third-order valence-corrected chi connectivity index (χ3v) is 2.36. The first-order valence-corrected chi connectivity index (χ1v) is 5.53. The summed E-state index contributed by atoms with van der Waals surface area (Å²) in [6.45, 7) is 1.64. The van der Waals surface area contributed by atoms with E-state index in [4.69, 9.17) is 21.6 Å². The van der Waals surface area contributed by atoms with E-state index >= 15 is 0 Å². The van der Waals surface area contributed by atoms with Gasteiger partial charge in [0.1, 0.15) is 5.69 Å². The molecule has 7 heteroatoms. The number of pyridine rings is 1. The monoisotopic (exact) mass is 274 g/mol. The van der Waals surface area contributed by atoms with Gasteiger partial charge >= 0.3 is 5.97 Å². The number of halogens is 3. The fourth-order valence-corrected chi connectivity index (χ4v) is 1.58. The Morgan fingerprint density at radius 1 is 1.67 bits per heavy atom. The number of ether oxygens (including phenoxy) is 1. The van der Waals surface area contributed by atoms with Crippen molar-refractivity contribution >= 4 is 17.6 Å². The Morgan fingerprint density at radius 2 is 2.33 bits per heavy atom. The number of carbonyl (C=O) groups excluding carboxylic acids is 1. The van der Waals surface area contributed by atoms with Gasteiger partial charge < -0.3 is 4.74 Å². The van der Waals surface area contributed by atoms with Crippen LogP contribution in [-0.2, 0) is 10.6 Å². The minimum absolute atomic E-state index is 0.0725. The van der Waals surface area contributed by atoms with Crippen molar-refractivity contribution in [2.45, 2.75) is 19.2 Å². The highest BCUT2D eigenvalue weighted by molar-refractivity contribution is 6.17. The number of nitriles is 1. The van der Waals surface area contributed by atoms with Crippen LogP contribution < -0.4 is 0 Å². The first-order chi connectivity index (χ1) is 8.54. The second-order valence-corrected chi connectivity index (χ2v) is 3.46. The maximum absolute atomic E-state index is 12.6. The van der Waals surface area contributed by atoms with Gasteiger partial charge in [-0.2, -0.15) is 5.26 Å². The van der Waals surface area contributed by atoms with Crippen LogP contribution in [0.5, 0.6) is 0 Å². The molecule has 0 bridgehead atoms. The molecule has 0 spiro atoms. The number of nitrogens with zero attached hydrogens (tertiary/aromatic N) is 2. The number of aromatic nitrogens is 1. The average Bonchev–Trinajstić information content (AvgIpc) is 2.37. The van der Waals surface area contributed by atoms with Gasteiger partial charge in [-0.15, -0.1) is 11.6 Å². The minimum atomic E-state index is -2.88. The lowest BCUT2D eigenvalue weighted by molar-refractivity contribution is 0.0516. The predicted octanol–water partition coefficient (Wildman–Crippen LogP) is 2.81. The minimum Gasteiger partial charge on any atom is -0.461 e. The highest BCUT2D eigenvalue weighted by Crippen LogP contribution is 2.23. The van der Waals surface area contributed by atoms with Crippen molar-refractivity contribution in [1.29, 1.82) is 5.26 Å². The lowest BCUT2D eigenvalue weighted by atomic mass is 10.1. The van der Waals surface area contributed by atoms with Crippen LogP contribution in [0.2, 0.25) is 0 Å². The third kappa shape index (κ3) is 2.93. The van der Waals surface area contributed by atoms with Crippen molar-refractivity contribution in [3.05, 3.63) is 28.6 Å². The maximum Gasteiger partial charge on any atom is 0.357 e. The SMILES string of the molecule is CCOC(=O)c1nc(C(F)F)cc(C#N)c1CCl. The Bertz CT molecular complexity index is 501. The molecule has 0 saturated heterocycles. The summed E-state index contributed by atoms with van der Waals surface area (Å²) < 4.78 is 29.9. The van der Waals surface area contributed by atoms with E-state index in [9.17, 15) is 13.6 Å². The number of alkyl halides is 3. The molecule has 0 aliphatic heterocycles. The predicted molar refractivity (Wildman–Crippen MR) is 59.4 cm³/mol. The Hall–Kier alpha value is -1.74. The van der Waals surface area contributed by atoms with Crippen molar-refractivity contribution in [1.82, 2.24) is 4.98 Å². The van der Waals surface area contributed by atoms with E-state index in [-0.39, 0.29) is 29.3 Å². The standard InChI is InChI=1S/C11H9ClF2N2O2/c1-2-18-11(17)9-7(4-12)6(5-15)3-8(16-9)10(13)14/h3,10H,2,4H2,1H3. The van der Waals surface area contributed by atoms with Gasteiger partial charge in [-0.3, -0.25) is 0 Å². The van der Waals surface area contributed by atoms with Gasteiger partial charge in [0.25, 0.3) is 6.43 Å². The molecule has 0 saturated carbocycles. The van der Waals surface area contributed by atoms with Crippen LogP contribution in [0.15, 0.2) is 6.07 Å². The topological polar surface area (TPSA) is 63.0 Å². The molecule has 0 unspecified atom stereocenters. The van der Waals surface area contributed by atoms with E-state index in [2.05, 4.69) is 4.98 Å². The van der Waals surface area contributed by atoms with Gasteiger partial charge in [0, 0.05) is 5.56 Å². The van der Waals surface area contributed by atoms with Gasteiger partial charge in [0.15, 0.2) is 5.69 Å². The molecule has 1 heterocycles. The molecular weight excluding hydrogens is 266 g/mol. The second-order valence-electron chi connectivity index (χ2n) is 3.19. The van der Waals surface area contributed by atoms with Gasteiger partial charge in [-0.05, 0) is 13.0 Å². The highest BCUT2D eigenvalue weighted by atomic mass is 35.5. The van der Waals surface area contributed by atoms with E-state index in [1.54, 1.807) is 13.0 Å². The van der Waals surface area contributed by atoms with Gasteiger partial charge in [-0.25, -0.2) is 18.6 Å². The van der Waals surface area contributed by atoms with Crippen LogP contribution >= 0.6 is 11.6 Å². The molecule has 18 heavy (non-hydrogen) atoms. The number of hydrogen-bond donors (Lipinski definition) is 0. The summed E-state index contributed by atoms with van der Waals surface area (Å²) >= 11 is 5.61. The van der Waals surface area contributed by atoms with Crippen LogP contribution in [0, 0.1) is 11.3 Å². The molecule has 0 radical (unpaired) electrons. The molecule has 0 fully saturated rings. The summed E-state index contributed by atoms with van der Waals surface area (Å²) in [5.41, 5.74) is -0.981. The van der Waals surface area contributed by atoms with Gasteiger partial charge in [-0.1, -0.05) is 0 Å². The van der Waals surface area contributed by atoms with Gasteiger partial charge in [0.05, 0.1) is 24.1 Å². The van der Waals surface area contributed by atoms with E-state index in [1.807, 2.05) is 0 Å². The molecule has 0 N–H and O–H groups in total. The largest absolute Gasteiger partial charge is 0.461 e. The third-order valence-electron chi connectivity index (χ3n) is 2.09. The summed E-state index contributed by atoms with van der Waals surface area (Å²) in [5.74, 6) is -1.06. The van der Waals surface area contributed by atoms with Crippen LogP contribution in [0.1, 0.15) is 40.7 Å². The Kier molecular flexibility index (Phi) is 4.98. The summed E-state index contributed by atoms with van der Waals surface area (Å²) in [6.07, 6.45) is -2.88. The molecule has 0 aliphatic rings. The molecule has 0 aliphatic carbocycles. The Labute approximate surface area is 107 Å². The molecule has 0 amide bonds. The van der Waals surface area contributed by atoms with E-state index < -0.39 is 18.1 Å². The molecule has 0 atom stereocenters. The van der Waals surface area contributed by atoms with Crippen LogP contribution in [0.25, 0.3) is 0 Å². The number of carbonyl (C=O) groups is 1. The second kappa shape index (κ2) is 6.26. The molecule has 96 valence electrons. The van der Waals surface area contributed by atoms with Crippen molar-refractivity contribution in [2.24, 2.45) is 0 Å². The van der Waals surface area contributed by atoms with E-state index in [0.717, 1.165) is 6.07 Å². The van der Waals surface area contributed by atoms with Crippen LogP contribution in [0.3, 0.4) is 0 Å². The molecule has 1 aromatic heterocycles. The molecule has 1 aromatic rings. The molecule has 0 aromatic carbocycles. The number of rotatable bonds is 4. The van der Waals surface area contributed by atoms with Crippen molar-refractivity contribution < 1.29 is 18.3 Å². The lowest BCUT2D eigenvalue weighted by Gasteiger charge is -2.09. The molecular formula is C11H9ClF2N2O2. The summed E-state index contributed by atoms with van der Waals surface area (Å²) in [7, 11) is 0. The first kappa shape index (κ1) is 14.3. The van der Waals surface area contributed by atoms with Gasteiger partial charge in [0.2, 0.25) is 0 Å². The first-order valence-electron chi connectivity index (χ1n) is 5.00. The zero-order valence-corrected chi connectivity index (χ0v) is 10.2. The van der Waals surface area contributed by atoms with Crippen molar-refractivity contribution in [3.63, 3.8) is 0 Å². The quantitative estimate of drug-likeness (QED) is 0.625. The average molecular weight is 275 g/mol. The van der Waals surface area contributed by atoms with E-state index in [0.29, 0.717) is 0 Å². The molecule has 4 nitrogen and oxygen atoms in total. The van der Waals surface area contributed by atoms with Crippen molar-refractivity contribution in [3.8, 4) is 6.07 Å². The zero-order valence-electron chi connectivity index (χ0n) is 9.41. The highest BCUT2D eigenvalue weighted by Gasteiger charge is 2.22. The van der Waals surface area contributed by atoms with Crippen LogP contribution in [-0.4, -0.2) is 17.6 Å². The normalized spacial score (nSPS) is 10.2.